The SMILES string of the molecule is CC(=O)O.CC(C)(C)C1CCCOC1O. The van der Waals surface area contributed by atoms with E-state index >= 15 is 0 Å². The second-order valence-corrected chi connectivity index (χ2v) is 4.90. The van der Waals surface area contributed by atoms with Gasteiger partial charge in [0.2, 0.25) is 0 Å². The number of rotatable bonds is 0. The van der Waals surface area contributed by atoms with E-state index in [1.54, 1.807) is 0 Å². The first-order valence-corrected chi connectivity index (χ1v) is 5.24. The zero-order valence-corrected chi connectivity index (χ0v) is 9.99. The predicted molar refractivity (Wildman–Crippen MR) is 57.4 cm³/mol. The van der Waals surface area contributed by atoms with E-state index in [-0.39, 0.29) is 5.41 Å². The number of aliphatic hydroxyl groups excluding tert-OH is 1. The van der Waals surface area contributed by atoms with Crippen LogP contribution in [-0.4, -0.2) is 29.1 Å². The molecule has 1 saturated heterocycles. The van der Waals surface area contributed by atoms with E-state index < -0.39 is 12.3 Å². The molecule has 15 heavy (non-hydrogen) atoms. The molecule has 90 valence electrons. The summed E-state index contributed by atoms with van der Waals surface area (Å²) >= 11 is 0. The van der Waals surface area contributed by atoms with Gasteiger partial charge in [0, 0.05) is 19.4 Å². The molecule has 2 unspecified atom stereocenters. The maximum absolute atomic E-state index is 9.48. The summed E-state index contributed by atoms with van der Waals surface area (Å²) < 4.78 is 5.17. The molecule has 1 rings (SSSR count). The van der Waals surface area contributed by atoms with Crippen LogP contribution < -0.4 is 0 Å². The molecular formula is C11H22O4. The van der Waals surface area contributed by atoms with Gasteiger partial charge >= 0.3 is 0 Å². The highest BCUT2D eigenvalue weighted by Crippen LogP contribution is 2.35. The Kier molecular flexibility index (Phi) is 5.83. The van der Waals surface area contributed by atoms with Gasteiger partial charge in [-0.2, -0.15) is 0 Å². The van der Waals surface area contributed by atoms with Gasteiger partial charge in [-0.3, -0.25) is 4.79 Å². The van der Waals surface area contributed by atoms with Crippen LogP contribution in [0.25, 0.3) is 0 Å². The monoisotopic (exact) mass is 218 g/mol. The summed E-state index contributed by atoms with van der Waals surface area (Å²) in [6.07, 6.45) is 1.63. The molecule has 0 radical (unpaired) electrons. The molecule has 0 aromatic carbocycles. The normalized spacial score (nSPS) is 26.5. The summed E-state index contributed by atoms with van der Waals surface area (Å²) in [5, 5.41) is 16.9. The van der Waals surface area contributed by atoms with Crippen molar-refractivity contribution in [2.75, 3.05) is 6.61 Å². The smallest absolute Gasteiger partial charge is 0.300 e. The second-order valence-electron chi connectivity index (χ2n) is 4.90. The molecule has 2 atom stereocenters. The first kappa shape index (κ1) is 14.4. The van der Waals surface area contributed by atoms with Crippen molar-refractivity contribution in [3.05, 3.63) is 0 Å². The van der Waals surface area contributed by atoms with Crippen molar-refractivity contribution in [3.63, 3.8) is 0 Å². The van der Waals surface area contributed by atoms with Gasteiger partial charge in [-0.05, 0) is 18.3 Å². The fraction of sp³-hybridized carbons (Fsp3) is 0.909. The quantitative estimate of drug-likeness (QED) is 0.651. The average Bonchev–Trinajstić information content (AvgIpc) is 2.01. The van der Waals surface area contributed by atoms with Crippen LogP contribution in [0.4, 0.5) is 0 Å². The highest BCUT2D eigenvalue weighted by Gasteiger charge is 2.33. The first-order chi connectivity index (χ1) is 6.75. The van der Waals surface area contributed by atoms with Crippen molar-refractivity contribution in [2.45, 2.75) is 46.8 Å². The molecule has 2 N–H and O–H groups in total. The third kappa shape index (κ3) is 6.47. The number of carboxylic acid groups (broad SMARTS) is 1. The van der Waals surface area contributed by atoms with Gasteiger partial charge in [-0.1, -0.05) is 20.8 Å². The highest BCUT2D eigenvalue weighted by molar-refractivity contribution is 5.62. The Hall–Kier alpha value is -0.610. The zero-order valence-electron chi connectivity index (χ0n) is 9.99. The number of aliphatic hydroxyl groups is 1. The van der Waals surface area contributed by atoms with E-state index in [1.807, 2.05) is 0 Å². The van der Waals surface area contributed by atoms with E-state index in [1.165, 1.54) is 0 Å². The molecule has 1 fully saturated rings. The molecule has 1 heterocycles. The summed E-state index contributed by atoms with van der Waals surface area (Å²) in [5.41, 5.74) is 0.167. The minimum absolute atomic E-state index is 0.167. The lowest BCUT2D eigenvalue weighted by Gasteiger charge is -2.37. The lowest BCUT2D eigenvalue weighted by atomic mass is 9.77. The molecule has 0 aliphatic carbocycles. The van der Waals surface area contributed by atoms with Gasteiger partial charge in [0.05, 0.1) is 0 Å². The number of ether oxygens (including phenoxy) is 1. The number of hydrogen-bond donors (Lipinski definition) is 2. The summed E-state index contributed by atoms with van der Waals surface area (Å²) in [6, 6.07) is 0. The van der Waals surface area contributed by atoms with Crippen LogP contribution >= 0.6 is 0 Å². The van der Waals surface area contributed by atoms with Crippen molar-refractivity contribution in [1.82, 2.24) is 0 Å². The summed E-state index contributed by atoms with van der Waals surface area (Å²) in [7, 11) is 0. The van der Waals surface area contributed by atoms with E-state index in [9.17, 15) is 5.11 Å². The van der Waals surface area contributed by atoms with E-state index in [2.05, 4.69) is 20.8 Å². The van der Waals surface area contributed by atoms with Crippen LogP contribution in [0.2, 0.25) is 0 Å². The lowest BCUT2D eigenvalue weighted by molar-refractivity contribution is -0.181. The van der Waals surface area contributed by atoms with E-state index in [0.717, 1.165) is 19.8 Å². The maximum atomic E-state index is 9.48. The van der Waals surface area contributed by atoms with Crippen molar-refractivity contribution in [2.24, 2.45) is 11.3 Å². The number of hydrogen-bond acceptors (Lipinski definition) is 3. The molecule has 1 aliphatic heterocycles. The summed E-state index contributed by atoms with van der Waals surface area (Å²) in [4.78, 5) is 9.00. The average molecular weight is 218 g/mol. The minimum atomic E-state index is -0.833. The summed E-state index contributed by atoms with van der Waals surface area (Å²) in [6.45, 7) is 8.24. The molecule has 0 bridgehead atoms. The van der Waals surface area contributed by atoms with E-state index in [4.69, 9.17) is 14.6 Å². The Balaban J connectivity index is 0.000000423. The van der Waals surface area contributed by atoms with Crippen LogP contribution in [-0.2, 0) is 9.53 Å². The molecule has 4 heteroatoms. The van der Waals surface area contributed by atoms with Crippen molar-refractivity contribution >= 4 is 5.97 Å². The Labute approximate surface area is 91.3 Å². The molecular weight excluding hydrogens is 196 g/mol. The number of carboxylic acids is 1. The third-order valence-electron chi connectivity index (χ3n) is 2.40. The fourth-order valence-corrected chi connectivity index (χ4v) is 1.63. The molecule has 0 aromatic rings. The van der Waals surface area contributed by atoms with E-state index in [0.29, 0.717) is 12.5 Å². The van der Waals surface area contributed by atoms with Crippen molar-refractivity contribution < 1.29 is 19.7 Å². The zero-order chi connectivity index (χ0) is 12.1. The molecule has 1 aliphatic rings. The van der Waals surface area contributed by atoms with Crippen molar-refractivity contribution in [3.8, 4) is 0 Å². The van der Waals surface area contributed by atoms with Gasteiger partial charge in [-0.25, -0.2) is 0 Å². The predicted octanol–water partition coefficient (Wildman–Crippen LogP) is 1.87. The van der Waals surface area contributed by atoms with Crippen LogP contribution in [0.15, 0.2) is 0 Å². The summed E-state index contributed by atoms with van der Waals surface area (Å²) in [5.74, 6) is -0.531. The Bertz CT molecular complexity index is 191. The van der Waals surface area contributed by atoms with Gasteiger partial charge in [0.1, 0.15) is 0 Å². The number of aliphatic carboxylic acids is 1. The molecule has 4 nitrogen and oxygen atoms in total. The largest absolute Gasteiger partial charge is 0.481 e. The Morgan fingerprint density at radius 2 is 1.87 bits per heavy atom. The maximum Gasteiger partial charge on any atom is 0.300 e. The molecule has 0 amide bonds. The fourth-order valence-electron chi connectivity index (χ4n) is 1.63. The topological polar surface area (TPSA) is 66.8 Å². The number of carbonyl (C=O) groups is 1. The third-order valence-corrected chi connectivity index (χ3v) is 2.40. The molecule has 0 spiro atoms. The second kappa shape index (κ2) is 6.08. The van der Waals surface area contributed by atoms with Crippen LogP contribution in [0, 0.1) is 11.3 Å². The Morgan fingerprint density at radius 3 is 2.13 bits per heavy atom. The van der Waals surface area contributed by atoms with Crippen LogP contribution in [0.3, 0.4) is 0 Å². The van der Waals surface area contributed by atoms with Crippen LogP contribution in [0.5, 0.6) is 0 Å². The van der Waals surface area contributed by atoms with Gasteiger partial charge < -0.3 is 14.9 Å². The molecule has 0 aromatic heterocycles. The first-order valence-electron chi connectivity index (χ1n) is 5.24. The Morgan fingerprint density at radius 1 is 1.40 bits per heavy atom. The van der Waals surface area contributed by atoms with Crippen LogP contribution in [0.1, 0.15) is 40.5 Å². The van der Waals surface area contributed by atoms with Crippen molar-refractivity contribution in [1.29, 1.82) is 0 Å². The molecule has 0 saturated carbocycles. The highest BCUT2D eigenvalue weighted by atomic mass is 16.6. The lowest BCUT2D eigenvalue weighted by Crippen LogP contribution is -2.37. The van der Waals surface area contributed by atoms with Gasteiger partial charge in [-0.15, -0.1) is 0 Å². The van der Waals surface area contributed by atoms with Gasteiger partial charge in [0.25, 0.3) is 5.97 Å². The minimum Gasteiger partial charge on any atom is -0.481 e. The standard InChI is InChI=1S/C9H18O2.C2H4O2/c1-9(2,3)7-5-4-6-11-8(7)10;1-2(3)4/h7-8,10H,4-6H2,1-3H3;1H3,(H,3,4). The van der Waals surface area contributed by atoms with Gasteiger partial charge in [0.15, 0.2) is 6.29 Å².